The molecule has 0 spiro atoms. The fourth-order valence-electron chi connectivity index (χ4n) is 1.58. The number of anilines is 1. The summed E-state index contributed by atoms with van der Waals surface area (Å²) in [4.78, 5) is 16.3. The van der Waals surface area contributed by atoms with Gasteiger partial charge in [0.15, 0.2) is 5.13 Å². The fourth-order valence-corrected chi connectivity index (χ4v) is 2.32. The summed E-state index contributed by atoms with van der Waals surface area (Å²) in [6, 6.07) is 0.0928. The van der Waals surface area contributed by atoms with Crippen molar-refractivity contribution >= 4 is 22.4 Å². The number of aliphatic hydroxyl groups is 1. The number of nitrogens with one attached hydrogen (secondary N) is 1. The SMILES string of the molecule is Cc1nc(N)sc1C(=O)NC1CC(O)C1. The maximum Gasteiger partial charge on any atom is 0.263 e. The molecule has 82 valence electrons. The largest absolute Gasteiger partial charge is 0.393 e. The molecule has 0 atom stereocenters. The molecule has 5 nitrogen and oxygen atoms in total. The van der Waals surface area contributed by atoms with Gasteiger partial charge < -0.3 is 16.2 Å². The summed E-state index contributed by atoms with van der Waals surface area (Å²) in [5.74, 6) is -0.140. The van der Waals surface area contributed by atoms with Gasteiger partial charge in [-0.25, -0.2) is 4.98 Å². The molecule has 0 unspecified atom stereocenters. The van der Waals surface area contributed by atoms with Gasteiger partial charge in [0.05, 0.1) is 11.8 Å². The van der Waals surface area contributed by atoms with Crippen LogP contribution in [0.4, 0.5) is 5.13 Å². The van der Waals surface area contributed by atoms with Gasteiger partial charge in [-0.2, -0.15) is 0 Å². The minimum absolute atomic E-state index is 0.0928. The van der Waals surface area contributed by atoms with Crippen LogP contribution in [0.25, 0.3) is 0 Å². The van der Waals surface area contributed by atoms with E-state index in [4.69, 9.17) is 10.8 Å². The Morgan fingerprint density at radius 1 is 1.67 bits per heavy atom. The van der Waals surface area contributed by atoms with Crippen molar-refractivity contribution < 1.29 is 9.90 Å². The lowest BCUT2D eigenvalue weighted by molar-refractivity contribution is 0.0564. The molecule has 1 heterocycles. The number of carbonyl (C=O) groups excluding carboxylic acids is 1. The average molecular weight is 227 g/mol. The first-order valence-corrected chi connectivity index (χ1v) is 5.59. The fraction of sp³-hybridized carbons (Fsp3) is 0.556. The zero-order valence-electron chi connectivity index (χ0n) is 8.36. The van der Waals surface area contributed by atoms with Crippen molar-refractivity contribution in [2.75, 3.05) is 5.73 Å². The van der Waals surface area contributed by atoms with Crippen LogP contribution < -0.4 is 11.1 Å². The lowest BCUT2D eigenvalue weighted by atomic mass is 9.89. The van der Waals surface area contributed by atoms with E-state index in [1.165, 1.54) is 11.3 Å². The normalized spacial score (nSPS) is 24.7. The predicted octanol–water partition coefficient (Wildman–Crippen LogP) is 0.287. The molecular formula is C9H13N3O2S. The van der Waals surface area contributed by atoms with Gasteiger partial charge in [0.25, 0.3) is 5.91 Å². The van der Waals surface area contributed by atoms with Gasteiger partial charge in [-0.05, 0) is 19.8 Å². The van der Waals surface area contributed by atoms with E-state index in [-0.39, 0.29) is 18.1 Å². The molecule has 0 bridgehead atoms. The van der Waals surface area contributed by atoms with Crippen LogP contribution in [0.1, 0.15) is 28.2 Å². The molecule has 2 rings (SSSR count). The highest BCUT2D eigenvalue weighted by Crippen LogP contribution is 2.23. The van der Waals surface area contributed by atoms with E-state index in [1.807, 2.05) is 0 Å². The Hall–Kier alpha value is -1.14. The summed E-state index contributed by atoms with van der Waals surface area (Å²) in [7, 11) is 0. The standard InChI is InChI=1S/C9H13N3O2S/c1-4-7(15-9(10)11-4)8(14)12-5-2-6(13)3-5/h5-6,13H,2-3H2,1H3,(H2,10,11)(H,12,14). The van der Waals surface area contributed by atoms with Crippen LogP contribution in [0.5, 0.6) is 0 Å². The highest BCUT2D eigenvalue weighted by molar-refractivity contribution is 7.17. The number of nitrogens with two attached hydrogens (primary N) is 1. The minimum Gasteiger partial charge on any atom is -0.393 e. The molecule has 0 saturated heterocycles. The summed E-state index contributed by atoms with van der Waals surface area (Å²) in [5.41, 5.74) is 6.17. The Bertz CT molecular complexity index is 385. The molecule has 1 aromatic heterocycles. The Morgan fingerprint density at radius 2 is 2.33 bits per heavy atom. The molecule has 0 aliphatic heterocycles. The summed E-state index contributed by atoms with van der Waals surface area (Å²) < 4.78 is 0. The third-order valence-corrected chi connectivity index (χ3v) is 3.45. The van der Waals surface area contributed by atoms with Gasteiger partial charge in [-0.3, -0.25) is 4.79 Å². The number of hydrogen-bond acceptors (Lipinski definition) is 5. The molecule has 1 saturated carbocycles. The number of amides is 1. The van der Waals surface area contributed by atoms with E-state index in [0.717, 1.165) is 0 Å². The molecule has 0 aromatic carbocycles. The second-order valence-electron chi connectivity index (χ2n) is 3.76. The minimum atomic E-state index is -0.261. The molecule has 15 heavy (non-hydrogen) atoms. The van der Waals surface area contributed by atoms with Gasteiger partial charge in [0.1, 0.15) is 4.88 Å². The number of rotatable bonds is 2. The Kier molecular flexibility index (Phi) is 2.62. The van der Waals surface area contributed by atoms with Gasteiger partial charge >= 0.3 is 0 Å². The highest BCUT2D eigenvalue weighted by Gasteiger charge is 2.29. The number of thiazole rings is 1. The molecule has 1 aliphatic rings. The highest BCUT2D eigenvalue weighted by atomic mass is 32.1. The van der Waals surface area contributed by atoms with E-state index in [1.54, 1.807) is 6.92 Å². The van der Waals surface area contributed by atoms with E-state index >= 15 is 0 Å². The molecule has 6 heteroatoms. The van der Waals surface area contributed by atoms with Crippen molar-refractivity contribution in [1.82, 2.24) is 10.3 Å². The van der Waals surface area contributed by atoms with Crippen LogP contribution in [0.15, 0.2) is 0 Å². The third-order valence-electron chi connectivity index (χ3n) is 2.47. The third kappa shape index (κ3) is 2.10. The van der Waals surface area contributed by atoms with Gasteiger partial charge in [0.2, 0.25) is 0 Å². The van der Waals surface area contributed by atoms with Crippen molar-refractivity contribution in [3.8, 4) is 0 Å². The number of aryl methyl sites for hydroxylation is 1. The number of aromatic nitrogens is 1. The smallest absolute Gasteiger partial charge is 0.263 e. The maximum atomic E-state index is 11.7. The van der Waals surface area contributed by atoms with Gasteiger partial charge in [0, 0.05) is 6.04 Å². The Balaban J connectivity index is 1.99. The van der Waals surface area contributed by atoms with E-state index in [2.05, 4.69) is 10.3 Å². The lowest BCUT2D eigenvalue weighted by Crippen LogP contribution is -2.46. The Morgan fingerprint density at radius 3 is 2.80 bits per heavy atom. The van der Waals surface area contributed by atoms with Crippen molar-refractivity contribution in [3.05, 3.63) is 10.6 Å². The number of carbonyl (C=O) groups is 1. The average Bonchev–Trinajstić information content (AvgIpc) is 2.42. The summed E-state index contributed by atoms with van der Waals surface area (Å²) in [5, 5.41) is 12.3. The van der Waals surface area contributed by atoms with Crippen LogP contribution in [0.3, 0.4) is 0 Å². The van der Waals surface area contributed by atoms with Crippen LogP contribution in [-0.2, 0) is 0 Å². The number of nitrogen functional groups attached to an aromatic ring is 1. The molecule has 4 N–H and O–H groups in total. The Labute approximate surface area is 91.3 Å². The van der Waals surface area contributed by atoms with Crippen LogP contribution in [-0.4, -0.2) is 28.1 Å². The van der Waals surface area contributed by atoms with Crippen molar-refractivity contribution in [2.24, 2.45) is 0 Å². The van der Waals surface area contributed by atoms with Crippen molar-refractivity contribution in [2.45, 2.75) is 31.9 Å². The number of nitrogens with zero attached hydrogens (tertiary/aromatic N) is 1. The van der Waals surface area contributed by atoms with Gasteiger partial charge in [-0.1, -0.05) is 11.3 Å². The van der Waals surface area contributed by atoms with E-state index in [9.17, 15) is 4.79 Å². The topological polar surface area (TPSA) is 88.2 Å². The van der Waals surface area contributed by atoms with Crippen LogP contribution in [0.2, 0.25) is 0 Å². The molecule has 1 aromatic rings. The molecule has 0 radical (unpaired) electrons. The van der Waals surface area contributed by atoms with Crippen molar-refractivity contribution in [3.63, 3.8) is 0 Å². The van der Waals surface area contributed by atoms with Crippen LogP contribution >= 0.6 is 11.3 Å². The second-order valence-corrected chi connectivity index (χ2v) is 4.79. The van der Waals surface area contributed by atoms with E-state index in [0.29, 0.717) is 28.5 Å². The van der Waals surface area contributed by atoms with Crippen LogP contribution in [0, 0.1) is 6.92 Å². The zero-order chi connectivity index (χ0) is 11.0. The molecule has 1 fully saturated rings. The summed E-state index contributed by atoms with van der Waals surface area (Å²) in [6.45, 7) is 1.76. The first-order valence-electron chi connectivity index (χ1n) is 4.78. The van der Waals surface area contributed by atoms with E-state index < -0.39 is 0 Å². The quantitative estimate of drug-likeness (QED) is 0.677. The maximum absolute atomic E-state index is 11.7. The van der Waals surface area contributed by atoms with Gasteiger partial charge in [-0.15, -0.1) is 0 Å². The van der Waals surface area contributed by atoms with Crippen molar-refractivity contribution in [1.29, 1.82) is 0 Å². The molecular weight excluding hydrogens is 214 g/mol. The summed E-state index contributed by atoms with van der Waals surface area (Å²) >= 11 is 1.19. The number of hydrogen-bond donors (Lipinski definition) is 3. The predicted molar refractivity (Wildman–Crippen MR) is 57.8 cm³/mol. The second kappa shape index (κ2) is 3.79. The molecule has 1 amide bonds. The molecule has 1 aliphatic carbocycles. The summed E-state index contributed by atoms with van der Waals surface area (Å²) in [6.07, 6.45) is 1.01. The monoisotopic (exact) mass is 227 g/mol. The first-order chi connectivity index (χ1) is 7.06. The number of aliphatic hydroxyl groups excluding tert-OH is 1. The first kappa shape index (κ1) is 10.4. The lowest BCUT2D eigenvalue weighted by Gasteiger charge is -2.31. The zero-order valence-corrected chi connectivity index (χ0v) is 9.17.